The van der Waals surface area contributed by atoms with Crippen LogP contribution in [0.4, 0.5) is 0 Å². The highest BCUT2D eigenvalue weighted by Gasteiger charge is 2.39. The maximum atomic E-state index is 6.68. The van der Waals surface area contributed by atoms with Crippen molar-refractivity contribution in [3.63, 3.8) is 0 Å². The van der Waals surface area contributed by atoms with Gasteiger partial charge in [0.2, 0.25) is 8.32 Å². The molecule has 0 N–H and O–H groups in total. The van der Waals surface area contributed by atoms with Crippen molar-refractivity contribution >= 4 is 19.2 Å². The topological polar surface area (TPSA) is 81.8 Å². The maximum Gasteiger partial charge on any atom is 0.250 e. The molecule has 4 aromatic rings. The van der Waals surface area contributed by atoms with Gasteiger partial charge in [-0.1, -0.05) is 51.1 Å². The lowest BCUT2D eigenvalue weighted by Crippen LogP contribution is -2.43. The Kier molecular flexibility index (Phi) is 11.1. The second-order valence-electron chi connectivity index (χ2n) is 13.4. The molecule has 0 saturated carbocycles. The minimum absolute atomic E-state index is 0.0152. The van der Waals surface area contributed by atoms with Gasteiger partial charge in [0.15, 0.2) is 6.23 Å². The van der Waals surface area contributed by atoms with E-state index in [-0.39, 0.29) is 17.4 Å². The van der Waals surface area contributed by atoms with E-state index < -0.39 is 8.32 Å². The van der Waals surface area contributed by atoms with E-state index in [4.69, 9.17) is 28.5 Å². The fourth-order valence-corrected chi connectivity index (χ4v) is 6.14. The third-order valence-corrected chi connectivity index (χ3v) is 13.1. The summed E-state index contributed by atoms with van der Waals surface area (Å²) in [5.41, 5.74) is 4.07. The van der Waals surface area contributed by atoms with E-state index >= 15 is 0 Å². The normalized spacial score (nSPS) is 16.7. The summed E-state index contributed by atoms with van der Waals surface area (Å²) in [5, 5.41) is 10.9. The third-order valence-electron chi connectivity index (χ3n) is 8.75. The first-order chi connectivity index (χ1) is 21.6. The molecule has 1 saturated heterocycles. The summed E-state index contributed by atoms with van der Waals surface area (Å²) in [4.78, 5) is 0. The average Bonchev–Trinajstić information content (AvgIpc) is 3.64. The van der Waals surface area contributed by atoms with Crippen LogP contribution in [0.1, 0.15) is 58.7 Å². The molecular weight excluding hydrogens is 584 g/mol. The molecule has 2 aromatic heterocycles. The maximum absolute atomic E-state index is 6.68. The van der Waals surface area contributed by atoms with Gasteiger partial charge in [0.05, 0.1) is 57.4 Å². The molecule has 9 nitrogen and oxygen atoms in total. The molecule has 0 amide bonds. The standard InChI is InChI=1S/C35H50N4O5Si/c1-27(42-21-20-41-26-28-12-8-7-9-13-28)25-40-19-17-38-24-29(23-36-38)34-31-22-30(44-45(5,6)35(2,3)4)15-16-32(31)39(37-34)33-14-10-11-18-43-33/h7-9,12-13,15-16,22-24,27,33H,10-11,14,17-21,25-26H2,1-6H3/t27-,33-/m1/s1. The van der Waals surface area contributed by atoms with E-state index in [0.717, 1.165) is 59.3 Å². The summed E-state index contributed by atoms with van der Waals surface area (Å²) in [6, 6.07) is 16.5. The minimum atomic E-state index is -2.00. The molecule has 244 valence electrons. The van der Waals surface area contributed by atoms with Gasteiger partial charge in [0.25, 0.3) is 0 Å². The van der Waals surface area contributed by atoms with Crippen molar-refractivity contribution in [3.05, 3.63) is 66.5 Å². The van der Waals surface area contributed by atoms with E-state index in [2.05, 4.69) is 74.0 Å². The van der Waals surface area contributed by atoms with Crippen LogP contribution in [-0.4, -0.2) is 67.0 Å². The van der Waals surface area contributed by atoms with E-state index in [1.54, 1.807) is 0 Å². The lowest BCUT2D eigenvalue weighted by Gasteiger charge is -2.36. The summed E-state index contributed by atoms with van der Waals surface area (Å²) in [6.07, 6.45) is 7.04. The molecule has 0 spiro atoms. The highest BCUT2D eigenvalue weighted by Crippen LogP contribution is 2.39. The Balaban J connectivity index is 1.18. The molecule has 2 aromatic carbocycles. The van der Waals surface area contributed by atoms with Gasteiger partial charge in [-0.3, -0.25) is 4.68 Å². The largest absolute Gasteiger partial charge is 0.543 e. The zero-order chi connectivity index (χ0) is 31.9. The van der Waals surface area contributed by atoms with Crippen LogP contribution >= 0.6 is 0 Å². The Morgan fingerprint density at radius 3 is 2.60 bits per heavy atom. The quantitative estimate of drug-likeness (QED) is 0.0983. The first-order valence-electron chi connectivity index (χ1n) is 16.3. The average molecular weight is 635 g/mol. The highest BCUT2D eigenvalue weighted by molar-refractivity contribution is 6.74. The van der Waals surface area contributed by atoms with Gasteiger partial charge < -0.3 is 23.4 Å². The van der Waals surface area contributed by atoms with Gasteiger partial charge in [-0.2, -0.15) is 10.2 Å². The van der Waals surface area contributed by atoms with Crippen LogP contribution in [0.15, 0.2) is 60.9 Å². The summed E-state index contributed by atoms with van der Waals surface area (Å²) in [7, 11) is -2.00. The molecule has 45 heavy (non-hydrogen) atoms. The summed E-state index contributed by atoms with van der Waals surface area (Å²) >= 11 is 0. The number of fused-ring (bicyclic) bond motifs is 1. The molecule has 3 heterocycles. The van der Waals surface area contributed by atoms with Crippen molar-refractivity contribution in [3.8, 4) is 17.0 Å². The van der Waals surface area contributed by atoms with Gasteiger partial charge in [-0.25, -0.2) is 4.68 Å². The van der Waals surface area contributed by atoms with Crippen LogP contribution in [-0.2, 0) is 32.1 Å². The molecule has 1 aliphatic rings. The molecule has 0 unspecified atom stereocenters. The van der Waals surface area contributed by atoms with Crippen molar-refractivity contribution in [2.75, 3.05) is 33.0 Å². The first kappa shape index (κ1) is 33.3. The monoisotopic (exact) mass is 634 g/mol. The van der Waals surface area contributed by atoms with Gasteiger partial charge in [-0.15, -0.1) is 0 Å². The highest BCUT2D eigenvalue weighted by atomic mass is 28.4. The van der Waals surface area contributed by atoms with Crippen LogP contribution in [0.2, 0.25) is 18.1 Å². The van der Waals surface area contributed by atoms with E-state index in [1.807, 2.05) is 42.2 Å². The number of ether oxygens (including phenoxy) is 4. The molecular formula is C35H50N4O5Si. The molecule has 0 aliphatic carbocycles. The smallest absolute Gasteiger partial charge is 0.250 e. The molecule has 1 fully saturated rings. The fourth-order valence-electron chi connectivity index (χ4n) is 5.12. The first-order valence-corrected chi connectivity index (χ1v) is 19.2. The van der Waals surface area contributed by atoms with Crippen molar-refractivity contribution in [2.45, 2.75) is 90.6 Å². The van der Waals surface area contributed by atoms with E-state index in [1.165, 1.54) is 0 Å². The fraction of sp³-hybridized carbons (Fsp3) is 0.543. The molecule has 1 aliphatic heterocycles. The van der Waals surface area contributed by atoms with Gasteiger partial charge in [-0.05, 0) is 68.1 Å². The van der Waals surface area contributed by atoms with Gasteiger partial charge in [0.1, 0.15) is 11.4 Å². The second kappa shape index (κ2) is 15.0. The summed E-state index contributed by atoms with van der Waals surface area (Å²) < 4.78 is 34.2. The number of benzene rings is 2. The number of hydrogen-bond acceptors (Lipinski definition) is 7. The third kappa shape index (κ3) is 8.83. The Labute approximate surface area is 268 Å². The SMILES string of the molecule is C[C@H](COCCn1cc(-c2nn([C@H]3CCCCO3)c3ccc(O[Si](C)(C)C(C)(C)C)cc23)cn1)OCCOCc1ccccc1. The molecule has 0 radical (unpaired) electrons. The van der Waals surface area contributed by atoms with Crippen molar-refractivity contribution in [1.82, 2.24) is 19.6 Å². The molecule has 5 rings (SSSR count). The lowest BCUT2D eigenvalue weighted by molar-refractivity contribution is -0.0365. The Hall–Kier alpha value is -3.02. The predicted octanol–water partition coefficient (Wildman–Crippen LogP) is 7.62. The lowest BCUT2D eigenvalue weighted by atomic mass is 10.1. The van der Waals surface area contributed by atoms with Gasteiger partial charge in [0, 0.05) is 23.8 Å². The zero-order valence-electron chi connectivity index (χ0n) is 27.8. The van der Waals surface area contributed by atoms with Crippen LogP contribution < -0.4 is 4.43 Å². The second-order valence-corrected chi connectivity index (χ2v) is 18.2. The predicted molar refractivity (Wildman–Crippen MR) is 180 cm³/mol. The minimum Gasteiger partial charge on any atom is -0.543 e. The Morgan fingerprint density at radius 2 is 1.84 bits per heavy atom. The Morgan fingerprint density at radius 1 is 1.02 bits per heavy atom. The molecule has 0 bridgehead atoms. The summed E-state index contributed by atoms with van der Waals surface area (Å²) in [6.45, 7) is 17.5. The van der Waals surface area contributed by atoms with Crippen LogP contribution in [0, 0.1) is 0 Å². The summed E-state index contributed by atoms with van der Waals surface area (Å²) in [5.74, 6) is 0.888. The van der Waals surface area contributed by atoms with Crippen LogP contribution in [0.25, 0.3) is 22.2 Å². The van der Waals surface area contributed by atoms with Crippen molar-refractivity contribution < 1.29 is 23.4 Å². The van der Waals surface area contributed by atoms with E-state index in [0.29, 0.717) is 39.6 Å². The van der Waals surface area contributed by atoms with Crippen LogP contribution in [0.3, 0.4) is 0 Å². The Bertz CT molecular complexity index is 1490. The van der Waals surface area contributed by atoms with Crippen LogP contribution in [0.5, 0.6) is 5.75 Å². The number of nitrogens with zero attached hydrogens (tertiary/aromatic N) is 4. The molecule has 10 heteroatoms. The number of hydrogen-bond donors (Lipinski definition) is 0. The van der Waals surface area contributed by atoms with Crippen molar-refractivity contribution in [2.24, 2.45) is 0 Å². The molecule has 2 atom stereocenters. The van der Waals surface area contributed by atoms with E-state index in [9.17, 15) is 0 Å². The number of rotatable bonds is 15. The number of aromatic nitrogens is 4. The van der Waals surface area contributed by atoms with Crippen molar-refractivity contribution in [1.29, 1.82) is 0 Å². The van der Waals surface area contributed by atoms with Gasteiger partial charge >= 0.3 is 0 Å². The zero-order valence-corrected chi connectivity index (χ0v) is 28.8.